The van der Waals surface area contributed by atoms with Gasteiger partial charge in [0.1, 0.15) is 4.88 Å². The van der Waals surface area contributed by atoms with Gasteiger partial charge in [0, 0.05) is 21.1 Å². The van der Waals surface area contributed by atoms with Crippen molar-refractivity contribution in [1.29, 1.82) is 0 Å². The van der Waals surface area contributed by atoms with Crippen molar-refractivity contribution in [3.05, 3.63) is 27.5 Å². The van der Waals surface area contributed by atoms with Gasteiger partial charge in [-0.2, -0.15) is 0 Å². The number of halogens is 1. The molecule has 1 aromatic heterocycles. The average Bonchev–Trinajstić information content (AvgIpc) is 2.84. The van der Waals surface area contributed by atoms with Crippen LogP contribution in [-0.4, -0.2) is 12.5 Å². The van der Waals surface area contributed by atoms with Gasteiger partial charge in [-0.25, -0.2) is 0 Å². The lowest BCUT2D eigenvalue weighted by Gasteiger charge is -2.06. The van der Waals surface area contributed by atoms with Gasteiger partial charge < -0.3 is 11.1 Å². The van der Waals surface area contributed by atoms with Crippen LogP contribution in [0.25, 0.3) is 10.1 Å². The minimum atomic E-state index is -0.0571. The lowest BCUT2D eigenvalue weighted by atomic mass is 10.1. The van der Waals surface area contributed by atoms with Gasteiger partial charge in [-0.15, -0.1) is 11.3 Å². The molecule has 0 radical (unpaired) electrons. The number of rotatable bonds is 3. The van der Waals surface area contributed by atoms with Gasteiger partial charge in [0.15, 0.2) is 0 Å². The lowest BCUT2D eigenvalue weighted by molar-refractivity contribution is 0.0955. The van der Waals surface area contributed by atoms with Gasteiger partial charge in [-0.3, -0.25) is 4.79 Å². The Morgan fingerprint density at radius 3 is 2.85 bits per heavy atom. The van der Waals surface area contributed by atoms with Crippen molar-refractivity contribution in [2.75, 3.05) is 12.3 Å². The van der Waals surface area contributed by atoms with Crippen LogP contribution in [0.4, 0.5) is 5.69 Å². The Morgan fingerprint density at radius 1 is 1.55 bits per heavy atom. The first-order valence-corrected chi connectivity index (χ1v) is 8.26. The molecule has 1 aliphatic carbocycles. The Balaban J connectivity index is 1.81. The lowest BCUT2D eigenvalue weighted by Crippen LogP contribution is -2.26. The van der Waals surface area contributed by atoms with Crippen LogP contribution in [0.5, 0.6) is 0 Å². The summed E-state index contributed by atoms with van der Waals surface area (Å²) in [6.45, 7) is 5.20. The van der Waals surface area contributed by atoms with Crippen LogP contribution in [0.3, 0.4) is 0 Å². The van der Waals surface area contributed by atoms with E-state index in [0.717, 1.165) is 21.1 Å². The summed E-state index contributed by atoms with van der Waals surface area (Å²) in [6.07, 6.45) is 1.18. The van der Waals surface area contributed by atoms with E-state index in [9.17, 15) is 4.79 Å². The molecule has 1 aliphatic rings. The monoisotopic (exact) mass is 352 g/mol. The maximum Gasteiger partial charge on any atom is 0.263 e. The highest BCUT2D eigenvalue weighted by Crippen LogP contribution is 2.51. The zero-order chi connectivity index (χ0) is 14.5. The number of fused-ring (bicyclic) bond motifs is 1. The van der Waals surface area contributed by atoms with Gasteiger partial charge in [-0.1, -0.05) is 35.8 Å². The van der Waals surface area contributed by atoms with Gasteiger partial charge >= 0.3 is 0 Å². The van der Waals surface area contributed by atoms with Crippen molar-refractivity contribution in [2.45, 2.75) is 20.3 Å². The number of hydrogen-bond acceptors (Lipinski definition) is 3. The van der Waals surface area contributed by atoms with Gasteiger partial charge in [0.2, 0.25) is 0 Å². The van der Waals surface area contributed by atoms with E-state index in [1.807, 2.05) is 18.2 Å². The van der Waals surface area contributed by atoms with Crippen LogP contribution in [0.2, 0.25) is 0 Å². The van der Waals surface area contributed by atoms with Crippen LogP contribution in [0.1, 0.15) is 29.9 Å². The van der Waals surface area contributed by atoms with E-state index in [1.54, 1.807) is 0 Å². The second-order valence-electron chi connectivity index (χ2n) is 6.06. The first kappa shape index (κ1) is 13.9. The molecule has 0 spiro atoms. The van der Waals surface area contributed by atoms with Crippen molar-refractivity contribution in [3.63, 3.8) is 0 Å². The number of amides is 1. The SMILES string of the molecule is CC1(C)CC1CNC(=O)c1sc2cccc(Br)c2c1N. The van der Waals surface area contributed by atoms with Crippen LogP contribution in [0, 0.1) is 11.3 Å². The molecule has 1 atom stereocenters. The molecular weight excluding hydrogens is 336 g/mol. The van der Waals surface area contributed by atoms with Crippen LogP contribution in [-0.2, 0) is 0 Å². The predicted molar refractivity (Wildman–Crippen MR) is 88.2 cm³/mol. The van der Waals surface area contributed by atoms with Gasteiger partial charge in [-0.05, 0) is 29.9 Å². The summed E-state index contributed by atoms with van der Waals surface area (Å²) >= 11 is 4.94. The van der Waals surface area contributed by atoms with E-state index in [2.05, 4.69) is 35.1 Å². The summed E-state index contributed by atoms with van der Waals surface area (Å²) in [7, 11) is 0. The first-order chi connectivity index (χ1) is 9.40. The standard InChI is InChI=1S/C15H17BrN2OS/c1-15(2)6-8(15)7-18-14(19)13-12(17)11-9(16)4-3-5-10(11)20-13/h3-5,8H,6-7,17H2,1-2H3,(H,18,19). The van der Waals surface area contributed by atoms with E-state index in [1.165, 1.54) is 17.8 Å². The highest BCUT2D eigenvalue weighted by atomic mass is 79.9. The minimum Gasteiger partial charge on any atom is -0.397 e. The highest BCUT2D eigenvalue weighted by Gasteiger charge is 2.45. The van der Waals surface area contributed by atoms with Gasteiger partial charge in [0.25, 0.3) is 5.91 Å². The third-order valence-corrected chi connectivity index (χ3v) is 5.96. The number of nitrogens with two attached hydrogens (primary N) is 1. The number of nitrogen functional groups attached to an aromatic ring is 1. The molecule has 1 aromatic carbocycles. The Kier molecular flexibility index (Phi) is 3.29. The van der Waals surface area contributed by atoms with Crippen molar-refractivity contribution in [3.8, 4) is 0 Å². The fourth-order valence-corrected chi connectivity index (χ4v) is 4.30. The molecular formula is C15H17BrN2OS. The third kappa shape index (κ3) is 2.33. The normalized spacial score (nSPS) is 20.1. The average molecular weight is 353 g/mol. The second-order valence-corrected chi connectivity index (χ2v) is 7.96. The van der Waals surface area contributed by atoms with Crippen molar-refractivity contribution in [2.24, 2.45) is 11.3 Å². The van der Waals surface area contributed by atoms with Gasteiger partial charge in [0.05, 0.1) is 5.69 Å². The molecule has 1 fully saturated rings. The number of benzene rings is 1. The Labute approximate surface area is 130 Å². The number of hydrogen-bond donors (Lipinski definition) is 2. The Morgan fingerprint density at radius 2 is 2.25 bits per heavy atom. The summed E-state index contributed by atoms with van der Waals surface area (Å²) in [5, 5.41) is 3.95. The highest BCUT2D eigenvalue weighted by molar-refractivity contribution is 9.10. The summed E-state index contributed by atoms with van der Waals surface area (Å²) in [5.41, 5.74) is 7.09. The number of nitrogens with one attached hydrogen (secondary N) is 1. The molecule has 2 aromatic rings. The van der Waals surface area contributed by atoms with Crippen LogP contribution in [0.15, 0.2) is 22.7 Å². The molecule has 0 aliphatic heterocycles. The Hall–Kier alpha value is -1.07. The summed E-state index contributed by atoms with van der Waals surface area (Å²) in [6, 6.07) is 5.89. The summed E-state index contributed by atoms with van der Waals surface area (Å²) in [5.74, 6) is 0.534. The fraction of sp³-hybridized carbons (Fsp3) is 0.400. The molecule has 1 amide bonds. The zero-order valence-corrected chi connectivity index (χ0v) is 13.9. The van der Waals surface area contributed by atoms with E-state index in [-0.39, 0.29) is 5.91 Å². The Bertz CT molecular complexity index is 692. The molecule has 3 N–H and O–H groups in total. The van der Waals surface area contributed by atoms with Crippen molar-refractivity contribution in [1.82, 2.24) is 5.32 Å². The second kappa shape index (κ2) is 4.74. The van der Waals surface area contributed by atoms with Crippen molar-refractivity contribution < 1.29 is 4.79 Å². The van der Waals surface area contributed by atoms with Crippen molar-refractivity contribution >= 4 is 48.9 Å². The topological polar surface area (TPSA) is 55.1 Å². The largest absolute Gasteiger partial charge is 0.397 e. The van der Waals surface area contributed by atoms with E-state index in [4.69, 9.17) is 5.73 Å². The van der Waals surface area contributed by atoms with Crippen LogP contribution >= 0.6 is 27.3 Å². The molecule has 106 valence electrons. The number of thiophene rings is 1. The predicted octanol–water partition coefficient (Wildman–Crippen LogP) is 4.02. The van der Waals surface area contributed by atoms with E-state index >= 15 is 0 Å². The first-order valence-electron chi connectivity index (χ1n) is 6.65. The number of carbonyl (C=O) groups is 1. The zero-order valence-electron chi connectivity index (χ0n) is 11.5. The molecule has 1 saturated carbocycles. The molecule has 0 saturated heterocycles. The summed E-state index contributed by atoms with van der Waals surface area (Å²) < 4.78 is 1.97. The molecule has 1 unspecified atom stereocenters. The third-order valence-electron chi connectivity index (χ3n) is 4.13. The number of carbonyl (C=O) groups excluding carboxylic acids is 1. The molecule has 20 heavy (non-hydrogen) atoms. The van der Waals surface area contributed by atoms with Crippen LogP contribution < -0.4 is 11.1 Å². The maximum absolute atomic E-state index is 12.3. The maximum atomic E-state index is 12.3. The van der Waals surface area contributed by atoms with E-state index < -0.39 is 0 Å². The van der Waals surface area contributed by atoms with E-state index in [0.29, 0.717) is 21.9 Å². The quantitative estimate of drug-likeness (QED) is 0.876. The molecule has 1 heterocycles. The molecule has 0 bridgehead atoms. The smallest absolute Gasteiger partial charge is 0.263 e. The molecule has 3 nitrogen and oxygen atoms in total. The molecule has 3 rings (SSSR count). The fourth-order valence-electron chi connectivity index (χ4n) is 2.52. The minimum absolute atomic E-state index is 0.0571. The molecule has 5 heteroatoms. The summed E-state index contributed by atoms with van der Waals surface area (Å²) in [4.78, 5) is 12.9. The number of anilines is 1.